The number of benzene rings is 2. The summed E-state index contributed by atoms with van der Waals surface area (Å²) in [6, 6.07) is 13.0. The fourth-order valence-corrected chi connectivity index (χ4v) is 2.29. The van der Waals surface area contributed by atoms with Crippen molar-refractivity contribution in [2.75, 3.05) is 18.6 Å². The fourth-order valence-electron chi connectivity index (χ4n) is 2.29. The number of anilines is 1. The van der Waals surface area contributed by atoms with Crippen LogP contribution in [-0.2, 0) is 0 Å². The number of nitrogens with zero attached hydrogens (tertiary/aromatic N) is 4. The Hall–Kier alpha value is -3.07. The van der Waals surface area contributed by atoms with Gasteiger partial charge >= 0.3 is 6.36 Å². The van der Waals surface area contributed by atoms with E-state index in [9.17, 15) is 13.2 Å². The normalized spacial score (nSPS) is 11.4. The first-order chi connectivity index (χ1) is 12.4. The predicted octanol–water partition coefficient (Wildman–Crippen LogP) is 3.19. The molecule has 0 fully saturated rings. The second-order valence-corrected chi connectivity index (χ2v) is 5.48. The third-order valence-corrected chi connectivity index (χ3v) is 3.67. The van der Waals surface area contributed by atoms with Gasteiger partial charge in [-0.3, -0.25) is 0 Å². The van der Waals surface area contributed by atoms with Crippen LogP contribution >= 0.6 is 0 Å². The monoisotopic (exact) mass is 363 g/mol. The van der Waals surface area contributed by atoms with Crippen molar-refractivity contribution < 1.29 is 17.9 Å². The van der Waals surface area contributed by atoms with Crippen LogP contribution in [0, 0.1) is 0 Å². The molecule has 0 aliphatic heterocycles. The molecular formula is C17H16F3N5O. The number of halogens is 3. The Morgan fingerprint density at radius 1 is 1.08 bits per heavy atom. The van der Waals surface area contributed by atoms with Crippen LogP contribution in [0.3, 0.4) is 0 Å². The summed E-state index contributed by atoms with van der Waals surface area (Å²) in [5.74, 6) is 0.212. The largest absolute Gasteiger partial charge is 0.573 e. The van der Waals surface area contributed by atoms with Gasteiger partial charge in [0.25, 0.3) is 0 Å². The predicted molar refractivity (Wildman–Crippen MR) is 90.9 cm³/mol. The molecule has 2 N–H and O–H groups in total. The van der Waals surface area contributed by atoms with Crippen molar-refractivity contribution in [3.8, 4) is 22.8 Å². The van der Waals surface area contributed by atoms with Gasteiger partial charge < -0.3 is 15.4 Å². The summed E-state index contributed by atoms with van der Waals surface area (Å²) in [5, 5.41) is 4.35. The van der Waals surface area contributed by atoms with Gasteiger partial charge in [0.2, 0.25) is 0 Å². The molecule has 1 aromatic heterocycles. The van der Waals surface area contributed by atoms with E-state index in [2.05, 4.69) is 14.8 Å². The molecule has 0 aliphatic rings. The van der Waals surface area contributed by atoms with Crippen molar-refractivity contribution >= 4 is 5.69 Å². The number of nitrogens with two attached hydrogens (primary N) is 1. The Kier molecular flexibility index (Phi) is 4.81. The van der Waals surface area contributed by atoms with E-state index >= 15 is 0 Å². The van der Waals surface area contributed by atoms with Gasteiger partial charge in [0, 0.05) is 18.3 Å². The maximum Gasteiger partial charge on any atom is 0.573 e. The lowest BCUT2D eigenvalue weighted by atomic mass is 10.2. The van der Waals surface area contributed by atoms with E-state index < -0.39 is 6.36 Å². The van der Waals surface area contributed by atoms with Crippen LogP contribution in [0.25, 0.3) is 17.1 Å². The molecule has 0 amide bonds. The van der Waals surface area contributed by atoms with Gasteiger partial charge in [-0.2, -0.15) is 0 Å². The van der Waals surface area contributed by atoms with Gasteiger partial charge in [0.05, 0.1) is 12.4 Å². The molecule has 2 aromatic carbocycles. The summed E-state index contributed by atoms with van der Waals surface area (Å²) < 4.78 is 41.9. The van der Waals surface area contributed by atoms with Crippen LogP contribution in [0.15, 0.2) is 54.9 Å². The lowest BCUT2D eigenvalue weighted by Crippen LogP contribution is -2.24. The number of hydrogen-bond acceptors (Lipinski definition) is 5. The standard InChI is InChI=1S/C17H16F3N5O/c1-24(10-21)13-4-2-12(3-5-13)16-22-11-25(23-16)14-6-8-15(9-7-14)26-17(18,19)20/h2-9,11H,10,21H2,1H3. The molecule has 0 bridgehead atoms. The van der Waals surface area contributed by atoms with Crippen molar-refractivity contribution in [2.45, 2.75) is 6.36 Å². The van der Waals surface area contributed by atoms with E-state index in [0.29, 0.717) is 18.2 Å². The molecule has 0 radical (unpaired) electrons. The highest BCUT2D eigenvalue weighted by Gasteiger charge is 2.30. The van der Waals surface area contributed by atoms with Crippen molar-refractivity contribution in [1.29, 1.82) is 0 Å². The highest BCUT2D eigenvalue weighted by Crippen LogP contribution is 2.24. The van der Waals surface area contributed by atoms with Crippen molar-refractivity contribution in [2.24, 2.45) is 5.73 Å². The van der Waals surface area contributed by atoms with Crippen LogP contribution in [0.4, 0.5) is 18.9 Å². The third kappa shape index (κ3) is 4.12. The molecule has 136 valence electrons. The van der Waals surface area contributed by atoms with Gasteiger partial charge in [-0.05, 0) is 48.5 Å². The average molecular weight is 363 g/mol. The summed E-state index contributed by atoms with van der Waals surface area (Å²) >= 11 is 0. The molecule has 1 heterocycles. The zero-order valence-electron chi connectivity index (χ0n) is 13.8. The van der Waals surface area contributed by atoms with Gasteiger partial charge in [-0.1, -0.05) is 0 Å². The lowest BCUT2D eigenvalue weighted by Gasteiger charge is -2.16. The van der Waals surface area contributed by atoms with E-state index in [1.165, 1.54) is 35.3 Å². The molecule has 0 saturated carbocycles. The van der Waals surface area contributed by atoms with Crippen LogP contribution in [0.5, 0.6) is 5.75 Å². The van der Waals surface area contributed by atoms with Gasteiger partial charge in [0.1, 0.15) is 12.1 Å². The van der Waals surface area contributed by atoms with Crippen LogP contribution < -0.4 is 15.4 Å². The molecule has 3 rings (SSSR count). The first kappa shape index (κ1) is 17.7. The molecule has 9 heteroatoms. The number of alkyl halides is 3. The molecule has 6 nitrogen and oxygen atoms in total. The number of rotatable bonds is 5. The minimum absolute atomic E-state index is 0.291. The minimum atomic E-state index is -4.72. The molecule has 0 unspecified atom stereocenters. The molecule has 0 spiro atoms. The van der Waals surface area contributed by atoms with Crippen molar-refractivity contribution in [1.82, 2.24) is 14.8 Å². The average Bonchev–Trinajstić information content (AvgIpc) is 3.10. The number of aromatic nitrogens is 3. The van der Waals surface area contributed by atoms with E-state index in [4.69, 9.17) is 5.73 Å². The summed E-state index contributed by atoms with van der Waals surface area (Å²) in [5.41, 5.74) is 7.94. The molecular weight excluding hydrogens is 347 g/mol. The summed E-state index contributed by atoms with van der Waals surface area (Å²) in [6.45, 7) is 0.403. The first-order valence-electron chi connectivity index (χ1n) is 7.65. The summed E-state index contributed by atoms with van der Waals surface area (Å²) in [4.78, 5) is 6.13. The zero-order valence-corrected chi connectivity index (χ0v) is 13.8. The topological polar surface area (TPSA) is 69.2 Å². The molecule has 0 saturated heterocycles. The quantitative estimate of drug-likeness (QED) is 0.705. The Morgan fingerprint density at radius 3 is 2.31 bits per heavy atom. The van der Waals surface area contributed by atoms with Crippen LogP contribution in [-0.4, -0.2) is 34.8 Å². The second kappa shape index (κ2) is 7.04. The summed E-state index contributed by atoms with van der Waals surface area (Å²) in [6.07, 6.45) is -3.22. The number of ether oxygens (including phenoxy) is 1. The molecule has 0 atom stereocenters. The van der Waals surface area contributed by atoms with Gasteiger partial charge in [-0.15, -0.1) is 18.3 Å². The molecule has 0 aliphatic carbocycles. The van der Waals surface area contributed by atoms with Crippen LogP contribution in [0.1, 0.15) is 0 Å². The lowest BCUT2D eigenvalue weighted by molar-refractivity contribution is -0.274. The van der Waals surface area contributed by atoms with E-state index in [-0.39, 0.29) is 5.75 Å². The smallest absolute Gasteiger partial charge is 0.406 e. The summed E-state index contributed by atoms with van der Waals surface area (Å²) in [7, 11) is 1.88. The fraction of sp³-hybridized carbons (Fsp3) is 0.176. The zero-order chi connectivity index (χ0) is 18.7. The first-order valence-corrected chi connectivity index (χ1v) is 7.65. The van der Waals surface area contributed by atoms with Crippen LogP contribution in [0.2, 0.25) is 0 Å². The van der Waals surface area contributed by atoms with Gasteiger partial charge in [-0.25, -0.2) is 9.67 Å². The number of hydrogen-bond donors (Lipinski definition) is 1. The second-order valence-electron chi connectivity index (χ2n) is 5.48. The highest BCUT2D eigenvalue weighted by molar-refractivity contribution is 5.60. The minimum Gasteiger partial charge on any atom is -0.406 e. The maximum absolute atomic E-state index is 12.2. The van der Waals surface area contributed by atoms with Crippen molar-refractivity contribution in [3.63, 3.8) is 0 Å². The third-order valence-electron chi connectivity index (χ3n) is 3.67. The SMILES string of the molecule is CN(CN)c1ccc(-c2ncn(-c3ccc(OC(F)(F)F)cc3)n2)cc1. The van der Waals surface area contributed by atoms with E-state index in [1.54, 1.807) is 0 Å². The Morgan fingerprint density at radius 2 is 1.73 bits per heavy atom. The maximum atomic E-state index is 12.2. The molecule has 26 heavy (non-hydrogen) atoms. The Labute approximate surface area is 147 Å². The molecule has 3 aromatic rings. The van der Waals surface area contributed by atoms with Gasteiger partial charge in [0.15, 0.2) is 5.82 Å². The van der Waals surface area contributed by atoms with E-state index in [1.807, 2.05) is 36.2 Å². The van der Waals surface area contributed by atoms with Crippen molar-refractivity contribution in [3.05, 3.63) is 54.9 Å². The highest BCUT2D eigenvalue weighted by atomic mass is 19.4. The Balaban J connectivity index is 1.77. The van der Waals surface area contributed by atoms with E-state index in [0.717, 1.165) is 11.3 Å². The Bertz CT molecular complexity index is 859.